The maximum absolute atomic E-state index is 13.2. The minimum Gasteiger partial charge on any atom is -0.378 e. The number of morpholine rings is 1. The third-order valence-electron chi connectivity index (χ3n) is 5.00. The van der Waals surface area contributed by atoms with Gasteiger partial charge in [-0.15, -0.1) is 0 Å². The molecule has 140 valence electrons. The topological polar surface area (TPSA) is 79.0 Å². The van der Waals surface area contributed by atoms with Crippen molar-refractivity contribution in [2.24, 2.45) is 0 Å². The van der Waals surface area contributed by atoms with Gasteiger partial charge >= 0.3 is 6.03 Å². The van der Waals surface area contributed by atoms with Crippen molar-refractivity contribution in [1.82, 2.24) is 15.1 Å². The van der Waals surface area contributed by atoms with Gasteiger partial charge in [0.1, 0.15) is 12.1 Å². The molecule has 0 aliphatic carbocycles. The average Bonchev–Trinajstić information content (AvgIpc) is 2.93. The van der Waals surface area contributed by atoms with Crippen LogP contribution >= 0.6 is 0 Å². The molecule has 7 heteroatoms. The van der Waals surface area contributed by atoms with Crippen LogP contribution < -0.4 is 5.32 Å². The van der Waals surface area contributed by atoms with Crippen LogP contribution in [0.1, 0.15) is 31.7 Å². The maximum Gasteiger partial charge on any atom is 0.325 e. The second-order valence-corrected chi connectivity index (χ2v) is 6.69. The van der Waals surface area contributed by atoms with Gasteiger partial charge in [-0.05, 0) is 12.0 Å². The summed E-state index contributed by atoms with van der Waals surface area (Å²) in [5, 5.41) is 2.87. The molecule has 2 aliphatic heterocycles. The highest BCUT2D eigenvalue weighted by Crippen LogP contribution is 2.34. The van der Waals surface area contributed by atoms with Crippen LogP contribution in [0.25, 0.3) is 0 Å². The molecule has 26 heavy (non-hydrogen) atoms. The summed E-state index contributed by atoms with van der Waals surface area (Å²) in [7, 11) is 0. The Morgan fingerprint density at radius 1 is 1.19 bits per heavy atom. The van der Waals surface area contributed by atoms with Gasteiger partial charge in [-0.2, -0.15) is 0 Å². The predicted octanol–water partition coefficient (Wildman–Crippen LogP) is 1.48. The number of hydrogen-bond donors (Lipinski definition) is 1. The van der Waals surface area contributed by atoms with Gasteiger partial charge in [-0.1, -0.05) is 50.1 Å². The van der Waals surface area contributed by atoms with Gasteiger partial charge in [0.2, 0.25) is 5.91 Å². The van der Waals surface area contributed by atoms with Crippen molar-refractivity contribution in [3.05, 3.63) is 35.9 Å². The molecule has 2 aliphatic rings. The number of urea groups is 1. The molecule has 0 saturated carbocycles. The lowest BCUT2D eigenvalue weighted by Gasteiger charge is -2.29. The zero-order valence-electron chi connectivity index (χ0n) is 15.1. The second kappa shape index (κ2) is 7.86. The number of ether oxygens (including phenoxy) is 1. The molecule has 2 heterocycles. The third kappa shape index (κ3) is 3.44. The van der Waals surface area contributed by atoms with Crippen LogP contribution in [0.4, 0.5) is 4.79 Å². The van der Waals surface area contributed by atoms with Crippen molar-refractivity contribution >= 4 is 17.8 Å². The van der Waals surface area contributed by atoms with E-state index in [1.165, 1.54) is 0 Å². The molecule has 0 bridgehead atoms. The molecular weight excluding hydrogens is 334 g/mol. The first-order valence-corrected chi connectivity index (χ1v) is 9.13. The molecule has 0 aromatic heterocycles. The van der Waals surface area contributed by atoms with Crippen LogP contribution in [0.5, 0.6) is 0 Å². The number of imide groups is 1. The standard InChI is InChI=1S/C19H25N3O4/c1-2-3-9-19(15-7-5-4-6-8-15)17(24)22(18(25)20-19)14-16(23)21-10-12-26-13-11-21/h4-8H,2-3,9-14H2,1H3,(H,20,25)/t19-/m1/s1. The number of carbonyl (C=O) groups is 3. The Kier molecular flexibility index (Phi) is 5.56. The molecular formula is C19H25N3O4. The second-order valence-electron chi connectivity index (χ2n) is 6.69. The average molecular weight is 359 g/mol. The van der Waals surface area contributed by atoms with E-state index in [1.54, 1.807) is 4.90 Å². The molecule has 0 spiro atoms. The van der Waals surface area contributed by atoms with Gasteiger partial charge in [-0.25, -0.2) is 4.79 Å². The van der Waals surface area contributed by atoms with E-state index in [0.717, 1.165) is 23.3 Å². The number of nitrogens with one attached hydrogen (secondary N) is 1. The van der Waals surface area contributed by atoms with Gasteiger partial charge in [0, 0.05) is 13.1 Å². The van der Waals surface area contributed by atoms with Crippen molar-refractivity contribution in [3.63, 3.8) is 0 Å². The van der Waals surface area contributed by atoms with E-state index < -0.39 is 11.6 Å². The molecule has 1 aromatic carbocycles. The Labute approximate surface area is 153 Å². The highest BCUT2D eigenvalue weighted by Gasteiger charge is 2.52. The van der Waals surface area contributed by atoms with Crippen molar-refractivity contribution in [1.29, 1.82) is 0 Å². The SMILES string of the molecule is CCCC[C@]1(c2ccccc2)NC(=O)N(CC(=O)N2CCOCC2)C1=O. The monoisotopic (exact) mass is 359 g/mol. The molecule has 3 rings (SSSR count). The zero-order chi connectivity index (χ0) is 18.6. The van der Waals surface area contributed by atoms with Gasteiger partial charge in [0.05, 0.1) is 13.2 Å². The van der Waals surface area contributed by atoms with E-state index in [9.17, 15) is 14.4 Å². The van der Waals surface area contributed by atoms with Crippen LogP contribution in [-0.2, 0) is 19.9 Å². The summed E-state index contributed by atoms with van der Waals surface area (Å²) < 4.78 is 5.24. The normalized spacial score (nSPS) is 23.3. The van der Waals surface area contributed by atoms with Gasteiger partial charge in [0.15, 0.2) is 0 Å². The van der Waals surface area contributed by atoms with Crippen LogP contribution in [-0.4, -0.2) is 60.5 Å². The largest absolute Gasteiger partial charge is 0.378 e. The van der Waals surface area contributed by atoms with E-state index in [2.05, 4.69) is 5.32 Å². The molecule has 2 saturated heterocycles. The lowest BCUT2D eigenvalue weighted by molar-refractivity contribution is -0.141. The summed E-state index contributed by atoms with van der Waals surface area (Å²) in [6, 6.07) is 8.77. The van der Waals surface area contributed by atoms with E-state index in [-0.39, 0.29) is 18.4 Å². The Morgan fingerprint density at radius 2 is 1.88 bits per heavy atom. The van der Waals surface area contributed by atoms with Gasteiger partial charge in [0.25, 0.3) is 5.91 Å². The summed E-state index contributed by atoms with van der Waals surface area (Å²) >= 11 is 0. The van der Waals surface area contributed by atoms with Crippen molar-refractivity contribution in [3.8, 4) is 0 Å². The van der Waals surface area contributed by atoms with E-state index >= 15 is 0 Å². The van der Waals surface area contributed by atoms with Crippen molar-refractivity contribution in [2.75, 3.05) is 32.8 Å². The third-order valence-corrected chi connectivity index (χ3v) is 5.00. The smallest absolute Gasteiger partial charge is 0.325 e. The first-order valence-electron chi connectivity index (χ1n) is 9.13. The van der Waals surface area contributed by atoms with Crippen LogP contribution in [0.2, 0.25) is 0 Å². The van der Waals surface area contributed by atoms with Crippen molar-refractivity contribution in [2.45, 2.75) is 31.7 Å². The highest BCUT2D eigenvalue weighted by molar-refractivity contribution is 6.09. The fourth-order valence-electron chi connectivity index (χ4n) is 3.49. The lowest BCUT2D eigenvalue weighted by atomic mass is 9.85. The van der Waals surface area contributed by atoms with Crippen molar-refractivity contribution < 1.29 is 19.1 Å². The number of carbonyl (C=O) groups excluding carboxylic acids is 3. The minimum absolute atomic E-state index is 0.226. The minimum atomic E-state index is -1.08. The first-order chi connectivity index (χ1) is 12.6. The first kappa shape index (κ1) is 18.4. The molecule has 7 nitrogen and oxygen atoms in total. The summed E-state index contributed by atoms with van der Waals surface area (Å²) in [6.45, 7) is 3.75. The summed E-state index contributed by atoms with van der Waals surface area (Å²) in [6.07, 6.45) is 2.22. The molecule has 0 radical (unpaired) electrons. The summed E-state index contributed by atoms with van der Waals surface area (Å²) in [4.78, 5) is 41.0. The van der Waals surface area contributed by atoms with Gasteiger partial charge < -0.3 is 15.0 Å². The van der Waals surface area contributed by atoms with E-state index in [4.69, 9.17) is 4.74 Å². The van der Waals surface area contributed by atoms with E-state index in [1.807, 2.05) is 37.3 Å². The van der Waals surface area contributed by atoms with Crippen LogP contribution in [0.3, 0.4) is 0 Å². The van der Waals surface area contributed by atoms with E-state index in [0.29, 0.717) is 32.7 Å². The Bertz CT molecular complexity index is 673. The number of unbranched alkanes of at least 4 members (excludes halogenated alkanes) is 1. The predicted molar refractivity (Wildman–Crippen MR) is 95.3 cm³/mol. The maximum atomic E-state index is 13.2. The Balaban J connectivity index is 1.81. The Morgan fingerprint density at radius 3 is 2.54 bits per heavy atom. The van der Waals surface area contributed by atoms with Crippen LogP contribution in [0.15, 0.2) is 30.3 Å². The summed E-state index contributed by atoms with van der Waals surface area (Å²) in [5.41, 5.74) is -0.326. The molecule has 1 aromatic rings. The quantitative estimate of drug-likeness (QED) is 0.781. The number of nitrogens with zero attached hydrogens (tertiary/aromatic N) is 2. The number of amides is 4. The zero-order valence-corrected chi connectivity index (χ0v) is 15.1. The lowest BCUT2D eigenvalue weighted by Crippen LogP contribution is -2.48. The van der Waals surface area contributed by atoms with Gasteiger partial charge in [-0.3, -0.25) is 14.5 Å². The molecule has 1 atom stereocenters. The molecule has 2 fully saturated rings. The fourth-order valence-corrected chi connectivity index (χ4v) is 3.49. The molecule has 0 unspecified atom stereocenters. The number of hydrogen-bond acceptors (Lipinski definition) is 4. The fraction of sp³-hybridized carbons (Fsp3) is 0.526. The number of benzene rings is 1. The summed E-state index contributed by atoms with van der Waals surface area (Å²) in [5.74, 6) is -0.570. The molecule has 4 amide bonds. The molecule has 1 N–H and O–H groups in total. The van der Waals surface area contributed by atoms with Crippen LogP contribution in [0, 0.1) is 0 Å². The Hall–Kier alpha value is -2.41. The number of rotatable bonds is 6. The highest BCUT2D eigenvalue weighted by atomic mass is 16.5.